The van der Waals surface area contributed by atoms with Crippen LogP contribution in [0.5, 0.6) is 0 Å². The van der Waals surface area contributed by atoms with E-state index in [0.29, 0.717) is 11.3 Å². The summed E-state index contributed by atoms with van der Waals surface area (Å²) in [6.45, 7) is 3.13. The van der Waals surface area contributed by atoms with Crippen LogP contribution in [0.25, 0.3) is 10.2 Å². The van der Waals surface area contributed by atoms with Crippen LogP contribution < -0.4 is 11.1 Å². The van der Waals surface area contributed by atoms with E-state index in [9.17, 15) is 22.8 Å². The lowest BCUT2D eigenvalue weighted by molar-refractivity contribution is -0.141. The number of aryl methyl sites for hydroxylation is 2. The van der Waals surface area contributed by atoms with Crippen molar-refractivity contribution in [3.63, 3.8) is 0 Å². The van der Waals surface area contributed by atoms with Crippen LogP contribution in [0.4, 0.5) is 18.9 Å². The normalized spacial score (nSPS) is 11.7. The Morgan fingerprint density at radius 3 is 2.59 bits per heavy atom. The monoisotopic (exact) mass is 397 g/mol. The lowest BCUT2D eigenvalue weighted by Crippen LogP contribution is -2.21. The van der Waals surface area contributed by atoms with E-state index < -0.39 is 23.7 Å². The largest absolute Gasteiger partial charge is 0.433 e. The van der Waals surface area contributed by atoms with Crippen molar-refractivity contribution in [3.8, 4) is 0 Å². The molecule has 3 rings (SSSR count). The summed E-state index contributed by atoms with van der Waals surface area (Å²) < 4.78 is 40.4. The molecule has 0 spiro atoms. The van der Waals surface area contributed by atoms with Gasteiger partial charge in [-0.05, 0) is 31.0 Å². The second kappa shape index (κ2) is 6.65. The highest BCUT2D eigenvalue weighted by Gasteiger charge is 2.34. The van der Waals surface area contributed by atoms with Gasteiger partial charge in [-0.1, -0.05) is 0 Å². The number of rotatable bonds is 4. The van der Waals surface area contributed by atoms with E-state index in [1.54, 1.807) is 12.4 Å². The number of nitrogens with zero attached hydrogens (tertiary/aromatic N) is 3. The molecule has 0 aliphatic heterocycles. The first kappa shape index (κ1) is 18.8. The average Bonchev–Trinajstić information content (AvgIpc) is 3.10. The van der Waals surface area contributed by atoms with Gasteiger partial charge >= 0.3 is 6.18 Å². The first-order chi connectivity index (χ1) is 12.6. The Hall–Kier alpha value is -2.95. The molecular formula is C16H14F3N5O2S. The molecule has 7 nitrogen and oxygen atoms in total. The molecule has 0 unspecified atom stereocenters. The zero-order valence-electron chi connectivity index (χ0n) is 14.2. The minimum absolute atomic E-state index is 0.0265. The second-order valence-electron chi connectivity index (χ2n) is 5.94. The second-order valence-corrected chi connectivity index (χ2v) is 6.94. The van der Waals surface area contributed by atoms with Crippen molar-refractivity contribution < 1.29 is 22.8 Å². The van der Waals surface area contributed by atoms with Gasteiger partial charge in [-0.25, -0.2) is 4.98 Å². The molecule has 11 heteroatoms. The molecule has 0 aliphatic rings. The first-order valence-corrected chi connectivity index (χ1v) is 8.48. The summed E-state index contributed by atoms with van der Waals surface area (Å²) in [5, 5.41) is 6.81. The number of aromatic nitrogens is 3. The van der Waals surface area contributed by atoms with Crippen LogP contribution in [0.2, 0.25) is 0 Å². The summed E-state index contributed by atoms with van der Waals surface area (Å²) in [4.78, 5) is 27.6. The molecule has 3 N–H and O–H groups in total. The number of amides is 2. The maximum Gasteiger partial charge on any atom is 0.433 e. The van der Waals surface area contributed by atoms with Crippen LogP contribution in [0, 0.1) is 13.8 Å². The highest BCUT2D eigenvalue weighted by Crippen LogP contribution is 2.39. The van der Waals surface area contributed by atoms with Crippen molar-refractivity contribution in [2.75, 3.05) is 5.32 Å². The Balaban J connectivity index is 2.03. The van der Waals surface area contributed by atoms with Crippen LogP contribution >= 0.6 is 11.3 Å². The summed E-state index contributed by atoms with van der Waals surface area (Å²) in [6.07, 6.45) is -1.39. The number of primary amides is 1. The van der Waals surface area contributed by atoms with E-state index in [-0.39, 0.29) is 32.9 Å². The molecule has 0 atom stereocenters. The van der Waals surface area contributed by atoms with E-state index in [2.05, 4.69) is 15.4 Å². The SMILES string of the molecule is Cc1cnn(CC(=O)Nc2c(C(N)=O)sc3nc(C(F)(F)F)cc(C)c23)c1. The Labute approximate surface area is 155 Å². The van der Waals surface area contributed by atoms with Crippen molar-refractivity contribution in [2.24, 2.45) is 5.73 Å². The zero-order valence-corrected chi connectivity index (χ0v) is 15.0. The summed E-state index contributed by atoms with van der Waals surface area (Å²) >= 11 is 0.706. The van der Waals surface area contributed by atoms with Crippen LogP contribution in [0.1, 0.15) is 26.5 Å². The summed E-state index contributed by atoms with van der Waals surface area (Å²) in [5.74, 6) is -1.37. The molecule has 3 aromatic heterocycles. The number of carbonyl (C=O) groups excluding carboxylic acids is 2. The van der Waals surface area contributed by atoms with Gasteiger partial charge in [0.2, 0.25) is 5.91 Å². The molecular weight excluding hydrogens is 383 g/mol. The molecule has 0 aliphatic carbocycles. The lowest BCUT2D eigenvalue weighted by atomic mass is 10.1. The highest BCUT2D eigenvalue weighted by atomic mass is 32.1. The predicted molar refractivity (Wildman–Crippen MR) is 93.5 cm³/mol. The molecule has 142 valence electrons. The lowest BCUT2D eigenvalue weighted by Gasteiger charge is -2.10. The van der Waals surface area contributed by atoms with E-state index in [1.807, 2.05) is 6.92 Å². The maximum absolute atomic E-state index is 13.0. The number of hydrogen-bond donors (Lipinski definition) is 2. The fourth-order valence-electron chi connectivity index (χ4n) is 2.60. The van der Waals surface area contributed by atoms with Crippen molar-refractivity contribution in [1.29, 1.82) is 0 Å². The van der Waals surface area contributed by atoms with Gasteiger partial charge in [-0.2, -0.15) is 18.3 Å². The number of fused-ring (bicyclic) bond motifs is 1. The van der Waals surface area contributed by atoms with Crippen LogP contribution in [0.3, 0.4) is 0 Å². The zero-order chi connectivity index (χ0) is 19.9. The molecule has 27 heavy (non-hydrogen) atoms. The van der Waals surface area contributed by atoms with Gasteiger partial charge < -0.3 is 11.1 Å². The molecule has 0 fully saturated rings. The summed E-state index contributed by atoms with van der Waals surface area (Å²) in [6, 6.07) is 0.867. The number of anilines is 1. The topological polar surface area (TPSA) is 103 Å². The summed E-state index contributed by atoms with van der Waals surface area (Å²) in [7, 11) is 0. The Bertz CT molecular complexity index is 1050. The maximum atomic E-state index is 13.0. The number of carbonyl (C=O) groups is 2. The Morgan fingerprint density at radius 1 is 1.33 bits per heavy atom. The van der Waals surface area contributed by atoms with Crippen LogP contribution in [-0.4, -0.2) is 26.6 Å². The highest BCUT2D eigenvalue weighted by molar-refractivity contribution is 7.21. The molecule has 0 aromatic carbocycles. The van der Waals surface area contributed by atoms with Gasteiger partial charge in [0, 0.05) is 11.6 Å². The first-order valence-electron chi connectivity index (χ1n) is 7.66. The van der Waals surface area contributed by atoms with Crippen molar-refractivity contribution in [2.45, 2.75) is 26.6 Å². The van der Waals surface area contributed by atoms with Gasteiger partial charge in [0.25, 0.3) is 5.91 Å². The predicted octanol–water partition coefficient (Wildman–Crippen LogP) is 2.87. The molecule has 3 heterocycles. The van der Waals surface area contributed by atoms with Gasteiger partial charge in [-0.3, -0.25) is 14.3 Å². The van der Waals surface area contributed by atoms with E-state index >= 15 is 0 Å². The average molecular weight is 397 g/mol. The third kappa shape index (κ3) is 3.77. The number of pyridine rings is 1. The molecule has 3 aromatic rings. The van der Waals surface area contributed by atoms with Crippen LogP contribution in [0.15, 0.2) is 18.5 Å². The van der Waals surface area contributed by atoms with Crippen molar-refractivity contribution in [3.05, 3.63) is 40.2 Å². The Kier molecular flexibility index (Phi) is 4.64. The van der Waals surface area contributed by atoms with Gasteiger partial charge in [-0.15, -0.1) is 11.3 Å². The van der Waals surface area contributed by atoms with E-state index in [0.717, 1.165) is 11.6 Å². The van der Waals surface area contributed by atoms with Crippen molar-refractivity contribution >= 4 is 39.1 Å². The Morgan fingerprint density at radius 2 is 2.04 bits per heavy atom. The number of nitrogens with one attached hydrogen (secondary N) is 1. The molecule has 0 saturated carbocycles. The standard InChI is InChI=1S/C16H14F3N5O2S/c1-7-4-21-24(5-7)6-10(25)23-12-11-8(2)3-9(16(17,18)19)22-15(11)27-13(12)14(20)26/h3-5H,6H2,1-2H3,(H2,20,26)(H,23,25). The minimum Gasteiger partial charge on any atom is -0.365 e. The third-order valence-corrected chi connectivity index (χ3v) is 4.80. The van der Waals surface area contributed by atoms with Crippen molar-refractivity contribution in [1.82, 2.24) is 14.8 Å². The van der Waals surface area contributed by atoms with E-state index in [4.69, 9.17) is 5.73 Å². The molecule has 0 saturated heterocycles. The molecule has 2 amide bonds. The smallest absolute Gasteiger partial charge is 0.365 e. The number of halogens is 3. The summed E-state index contributed by atoms with van der Waals surface area (Å²) in [5.41, 5.74) is 5.41. The van der Waals surface area contributed by atoms with Crippen LogP contribution in [-0.2, 0) is 17.5 Å². The van der Waals surface area contributed by atoms with E-state index in [1.165, 1.54) is 11.6 Å². The number of thiophene rings is 1. The number of hydrogen-bond acceptors (Lipinski definition) is 5. The quantitative estimate of drug-likeness (QED) is 0.707. The number of nitrogens with two attached hydrogens (primary N) is 1. The molecule has 0 bridgehead atoms. The van der Waals surface area contributed by atoms with Gasteiger partial charge in [0.15, 0.2) is 0 Å². The minimum atomic E-state index is -4.63. The number of alkyl halides is 3. The fraction of sp³-hybridized carbons (Fsp3) is 0.250. The molecule has 0 radical (unpaired) electrons. The third-order valence-electron chi connectivity index (χ3n) is 3.71. The van der Waals surface area contributed by atoms with Gasteiger partial charge in [0.05, 0.1) is 11.9 Å². The fourth-order valence-corrected chi connectivity index (χ4v) is 3.66. The van der Waals surface area contributed by atoms with Gasteiger partial charge in [0.1, 0.15) is 21.9 Å².